The van der Waals surface area contributed by atoms with Gasteiger partial charge in [0.25, 0.3) is 0 Å². The number of hydrogen-bond donors (Lipinski definition) is 0. The van der Waals surface area contributed by atoms with Gasteiger partial charge in [0.05, 0.1) is 0 Å². The highest BCUT2D eigenvalue weighted by molar-refractivity contribution is 14.1. The van der Waals surface area contributed by atoms with Gasteiger partial charge in [-0.3, -0.25) is 0 Å². The van der Waals surface area contributed by atoms with Crippen molar-refractivity contribution >= 4 is 38.5 Å². The number of rotatable bonds is 1. The summed E-state index contributed by atoms with van der Waals surface area (Å²) in [6.07, 6.45) is 0.909. The van der Waals surface area contributed by atoms with Gasteiger partial charge in [0.15, 0.2) is 0 Å². The van der Waals surface area contributed by atoms with Crippen molar-refractivity contribution in [2.24, 2.45) is 0 Å². The first-order chi connectivity index (χ1) is 5.83. The molecule has 0 atom stereocenters. The molecule has 12 heavy (non-hydrogen) atoms. The molecule has 0 radical (unpaired) electrons. The molecule has 1 aromatic carbocycles. The molecule has 0 aliphatic rings. The van der Waals surface area contributed by atoms with Crippen LogP contribution >= 0.6 is 38.5 Å². The Balaban J connectivity index is 2.66. The molecule has 0 fully saturated rings. The third-order valence-electron chi connectivity index (χ3n) is 1.30. The van der Waals surface area contributed by atoms with Crippen molar-refractivity contribution in [3.63, 3.8) is 0 Å². The summed E-state index contributed by atoms with van der Waals surface area (Å²) >= 11 is 5.62. The Morgan fingerprint density at radius 3 is 2.50 bits per heavy atom. The summed E-state index contributed by atoms with van der Waals surface area (Å²) in [6.45, 7) is 0. The van der Waals surface area contributed by atoms with Gasteiger partial charge in [0.1, 0.15) is 0 Å². The summed E-state index contributed by atoms with van der Waals surface area (Å²) in [7, 11) is 0. The van der Waals surface area contributed by atoms with Crippen molar-refractivity contribution in [1.29, 1.82) is 0 Å². The Morgan fingerprint density at radius 2 is 1.92 bits per heavy atom. The highest BCUT2D eigenvalue weighted by Crippen LogP contribution is 2.05. The van der Waals surface area contributed by atoms with Crippen LogP contribution in [0, 0.1) is 15.4 Å². The van der Waals surface area contributed by atoms with Gasteiger partial charge < -0.3 is 0 Å². The van der Waals surface area contributed by atoms with Crippen molar-refractivity contribution < 1.29 is 0 Å². The Hall–Kier alpha value is -0.0100. The smallest absolute Gasteiger partial charge is 0.0245 e. The van der Waals surface area contributed by atoms with Gasteiger partial charge in [-0.1, -0.05) is 27.8 Å². The lowest BCUT2D eigenvalue weighted by molar-refractivity contribution is 1.32. The zero-order chi connectivity index (χ0) is 8.81. The fourth-order valence-electron chi connectivity index (χ4n) is 0.745. The maximum Gasteiger partial charge on any atom is 0.0245 e. The van der Waals surface area contributed by atoms with E-state index in [9.17, 15) is 0 Å². The van der Waals surface area contributed by atoms with E-state index >= 15 is 0 Å². The van der Waals surface area contributed by atoms with Crippen molar-refractivity contribution in [2.75, 3.05) is 5.33 Å². The average molecular weight is 335 g/mol. The van der Waals surface area contributed by atoms with E-state index in [2.05, 4.69) is 62.5 Å². The van der Waals surface area contributed by atoms with Gasteiger partial charge >= 0.3 is 0 Å². The summed E-state index contributed by atoms with van der Waals surface area (Å²) < 4.78 is 1.25. The van der Waals surface area contributed by atoms with Gasteiger partial charge in [0, 0.05) is 20.9 Å². The lowest BCUT2D eigenvalue weighted by atomic mass is 10.2. The predicted molar refractivity (Wildman–Crippen MR) is 64.4 cm³/mol. The molecular weight excluding hydrogens is 327 g/mol. The topological polar surface area (TPSA) is 0 Å². The Labute approximate surface area is 95.0 Å². The third kappa shape index (κ3) is 3.59. The van der Waals surface area contributed by atoms with Crippen LogP contribution in [-0.4, -0.2) is 5.33 Å². The number of benzene rings is 1. The summed E-state index contributed by atoms with van der Waals surface area (Å²) in [4.78, 5) is 0. The lowest BCUT2D eigenvalue weighted by Gasteiger charge is -1.89. The van der Waals surface area contributed by atoms with E-state index in [1.807, 2.05) is 12.1 Å². The summed E-state index contributed by atoms with van der Waals surface area (Å²) in [5.74, 6) is 6.16. The molecule has 1 rings (SSSR count). The molecule has 0 bridgehead atoms. The van der Waals surface area contributed by atoms with Crippen LogP contribution in [0.4, 0.5) is 0 Å². The van der Waals surface area contributed by atoms with Gasteiger partial charge in [-0.25, -0.2) is 0 Å². The largest absolute Gasteiger partial charge is 0.0970 e. The van der Waals surface area contributed by atoms with E-state index < -0.39 is 0 Å². The van der Waals surface area contributed by atoms with Crippen LogP contribution in [0.3, 0.4) is 0 Å². The molecule has 0 unspecified atom stereocenters. The Kier molecular flexibility index (Phi) is 4.70. The highest BCUT2D eigenvalue weighted by atomic mass is 127. The number of hydrogen-bond acceptors (Lipinski definition) is 0. The fourth-order valence-corrected chi connectivity index (χ4v) is 1.30. The first-order valence-corrected chi connectivity index (χ1v) is 5.83. The minimum atomic E-state index is 0.909. The Morgan fingerprint density at radius 1 is 1.25 bits per heavy atom. The van der Waals surface area contributed by atoms with Gasteiger partial charge in [-0.05, 0) is 46.9 Å². The third-order valence-corrected chi connectivity index (χ3v) is 2.41. The van der Waals surface area contributed by atoms with E-state index in [-0.39, 0.29) is 0 Å². The van der Waals surface area contributed by atoms with Crippen LogP contribution in [0.15, 0.2) is 24.3 Å². The molecule has 0 heterocycles. The van der Waals surface area contributed by atoms with Crippen LogP contribution in [0.2, 0.25) is 0 Å². The maximum atomic E-state index is 3.33. The molecule has 62 valence electrons. The highest BCUT2D eigenvalue weighted by Gasteiger charge is 1.85. The molecule has 2 heteroatoms. The lowest BCUT2D eigenvalue weighted by Crippen LogP contribution is -1.75. The maximum absolute atomic E-state index is 3.33. The number of halogens is 2. The fraction of sp³-hybridized carbons (Fsp3) is 0.200. The molecule has 0 saturated carbocycles. The van der Waals surface area contributed by atoms with Crippen molar-refractivity contribution in [3.05, 3.63) is 33.4 Å². The number of alkyl halides is 1. The van der Waals surface area contributed by atoms with Gasteiger partial charge in [-0.15, -0.1) is 0 Å². The van der Waals surface area contributed by atoms with Crippen LogP contribution in [-0.2, 0) is 0 Å². The standard InChI is InChI=1S/C10H8BrI/c11-8-2-1-3-9-4-6-10(12)7-5-9/h4-7H,2,8H2. The summed E-state index contributed by atoms with van der Waals surface area (Å²) in [6, 6.07) is 8.23. The van der Waals surface area contributed by atoms with Gasteiger partial charge in [0.2, 0.25) is 0 Å². The van der Waals surface area contributed by atoms with Gasteiger partial charge in [-0.2, -0.15) is 0 Å². The second-order valence-electron chi connectivity index (χ2n) is 2.25. The van der Waals surface area contributed by atoms with Crippen LogP contribution in [0.25, 0.3) is 0 Å². The summed E-state index contributed by atoms with van der Waals surface area (Å²) in [5, 5.41) is 0.949. The minimum absolute atomic E-state index is 0.909. The molecule has 0 nitrogen and oxygen atoms in total. The monoisotopic (exact) mass is 334 g/mol. The molecule has 0 saturated heterocycles. The van der Waals surface area contributed by atoms with Crippen molar-refractivity contribution in [3.8, 4) is 11.8 Å². The van der Waals surface area contributed by atoms with E-state index in [4.69, 9.17) is 0 Å². The first kappa shape index (κ1) is 10.1. The van der Waals surface area contributed by atoms with E-state index in [0.29, 0.717) is 0 Å². The van der Waals surface area contributed by atoms with E-state index in [1.54, 1.807) is 0 Å². The quantitative estimate of drug-likeness (QED) is 0.419. The minimum Gasteiger partial charge on any atom is -0.0970 e. The van der Waals surface area contributed by atoms with Crippen LogP contribution < -0.4 is 0 Å². The molecule has 0 aliphatic carbocycles. The van der Waals surface area contributed by atoms with Crippen LogP contribution in [0.1, 0.15) is 12.0 Å². The molecule has 0 aliphatic heterocycles. The first-order valence-electron chi connectivity index (χ1n) is 3.63. The van der Waals surface area contributed by atoms with Crippen molar-refractivity contribution in [2.45, 2.75) is 6.42 Å². The van der Waals surface area contributed by atoms with Crippen LogP contribution in [0.5, 0.6) is 0 Å². The molecule has 0 spiro atoms. The normalized spacial score (nSPS) is 8.83. The molecular formula is C10H8BrI. The Bertz CT molecular complexity index is 292. The van der Waals surface area contributed by atoms with E-state index in [0.717, 1.165) is 17.3 Å². The molecule has 0 aromatic heterocycles. The second-order valence-corrected chi connectivity index (χ2v) is 4.29. The van der Waals surface area contributed by atoms with Crippen molar-refractivity contribution in [1.82, 2.24) is 0 Å². The average Bonchev–Trinajstić information content (AvgIpc) is 2.09. The zero-order valence-electron chi connectivity index (χ0n) is 6.48. The molecule has 0 N–H and O–H groups in total. The predicted octanol–water partition coefficient (Wildman–Crippen LogP) is 3.43. The summed E-state index contributed by atoms with van der Waals surface area (Å²) in [5.41, 5.74) is 1.09. The molecule has 0 amide bonds. The zero-order valence-corrected chi connectivity index (χ0v) is 10.2. The SMILES string of the molecule is BrCCC#Cc1ccc(I)cc1. The van der Waals surface area contributed by atoms with E-state index in [1.165, 1.54) is 3.57 Å². The second kappa shape index (κ2) is 5.60. The molecule has 1 aromatic rings.